The van der Waals surface area contributed by atoms with Crippen LogP contribution in [0.4, 0.5) is 5.69 Å². The molecule has 2 aromatic carbocycles. The maximum Gasteiger partial charge on any atom is 0.124 e. The minimum absolute atomic E-state index is 0.0317. The van der Waals surface area contributed by atoms with Crippen LogP contribution in [0, 0.1) is 6.92 Å². The highest BCUT2D eigenvalue weighted by molar-refractivity contribution is 6.33. The van der Waals surface area contributed by atoms with Crippen LogP contribution in [0.3, 0.4) is 0 Å². The molecule has 137 valence electrons. The summed E-state index contributed by atoms with van der Waals surface area (Å²) in [6.45, 7) is 4.98. The van der Waals surface area contributed by atoms with Gasteiger partial charge in [0.05, 0.1) is 23.5 Å². The second-order valence-electron chi connectivity index (χ2n) is 7.50. The number of nitrogens with one attached hydrogen (secondary N) is 1. The van der Waals surface area contributed by atoms with E-state index in [-0.39, 0.29) is 5.66 Å². The minimum atomic E-state index is -0.0317. The van der Waals surface area contributed by atoms with Crippen LogP contribution >= 0.6 is 11.6 Å². The first-order valence-electron chi connectivity index (χ1n) is 9.40. The van der Waals surface area contributed by atoms with Gasteiger partial charge in [-0.25, -0.2) is 0 Å². The van der Waals surface area contributed by atoms with E-state index < -0.39 is 0 Å². The van der Waals surface area contributed by atoms with Crippen LogP contribution in [0.1, 0.15) is 43.2 Å². The molecule has 0 saturated carbocycles. The Hall–Kier alpha value is -1.71. The summed E-state index contributed by atoms with van der Waals surface area (Å²) in [5.41, 5.74) is 3.09. The van der Waals surface area contributed by atoms with Crippen LogP contribution < -0.4 is 10.1 Å². The van der Waals surface area contributed by atoms with Crippen molar-refractivity contribution in [1.29, 1.82) is 0 Å². The van der Waals surface area contributed by atoms with Crippen LogP contribution in [0.15, 0.2) is 42.5 Å². The van der Waals surface area contributed by atoms with Gasteiger partial charge >= 0.3 is 0 Å². The highest BCUT2D eigenvalue weighted by Gasteiger charge is 2.48. The van der Waals surface area contributed by atoms with E-state index in [1.165, 1.54) is 24.8 Å². The second-order valence-corrected chi connectivity index (χ2v) is 7.91. The van der Waals surface area contributed by atoms with Gasteiger partial charge in [-0.2, -0.15) is 0 Å². The van der Waals surface area contributed by atoms with Crippen molar-refractivity contribution in [1.82, 2.24) is 4.90 Å². The third-order valence-electron chi connectivity index (χ3n) is 5.94. The highest BCUT2D eigenvalue weighted by Crippen LogP contribution is 2.46. The van der Waals surface area contributed by atoms with Gasteiger partial charge in [-0.05, 0) is 56.2 Å². The van der Waals surface area contributed by atoms with Gasteiger partial charge in [-0.3, -0.25) is 4.90 Å². The molecular weight excluding hydrogens is 344 g/mol. The van der Waals surface area contributed by atoms with E-state index in [0.29, 0.717) is 11.1 Å². The summed E-state index contributed by atoms with van der Waals surface area (Å²) in [5, 5.41) is 4.52. The second kappa shape index (κ2) is 7.13. The lowest BCUT2D eigenvalue weighted by molar-refractivity contribution is 0.0661. The summed E-state index contributed by atoms with van der Waals surface area (Å²) in [6, 6.07) is 15.3. The zero-order chi connectivity index (χ0) is 18.1. The number of hydrogen-bond donors (Lipinski definition) is 1. The molecule has 0 aliphatic carbocycles. The molecule has 2 unspecified atom stereocenters. The Balaban J connectivity index is 1.64. The number of hydrogen-bond acceptors (Lipinski definition) is 3. The molecule has 2 fully saturated rings. The summed E-state index contributed by atoms with van der Waals surface area (Å²) >= 11 is 6.54. The molecule has 4 rings (SSSR count). The first kappa shape index (κ1) is 17.7. The molecule has 2 bridgehead atoms. The van der Waals surface area contributed by atoms with E-state index in [1.54, 1.807) is 7.11 Å². The van der Waals surface area contributed by atoms with Crippen LogP contribution in [0.25, 0.3) is 0 Å². The zero-order valence-electron chi connectivity index (χ0n) is 15.3. The molecule has 0 aromatic heterocycles. The maximum atomic E-state index is 6.54. The molecule has 1 N–H and O–H groups in total. The zero-order valence-corrected chi connectivity index (χ0v) is 16.1. The molecule has 2 saturated heterocycles. The fourth-order valence-electron chi connectivity index (χ4n) is 4.64. The SMILES string of the molecule is [CH2]c1cc(Cl)c(NC23CCCC(CC2)N3Cc2ccccc2)cc1OC. The maximum absolute atomic E-state index is 6.54. The lowest BCUT2D eigenvalue weighted by Gasteiger charge is -2.46. The summed E-state index contributed by atoms with van der Waals surface area (Å²) < 4.78 is 5.45. The Labute approximate surface area is 161 Å². The number of rotatable bonds is 5. The smallest absolute Gasteiger partial charge is 0.124 e. The molecule has 2 aliphatic heterocycles. The Bertz CT molecular complexity index is 775. The van der Waals surface area contributed by atoms with Crippen LogP contribution in [-0.2, 0) is 6.54 Å². The first-order chi connectivity index (χ1) is 12.6. The Morgan fingerprint density at radius 2 is 2.04 bits per heavy atom. The van der Waals surface area contributed by atoms with Gasteiger partial charge in [0.15, 0.2) is 0 Å². The minimum Gasteiger partial charge on any atom is -0.496 e. The van der Waals surface area contributed by atoms with Crippen molar-refractivity contribution in [2.45, 2.75) is 50.4 Å². The lowest BCUT2D eigenvalue weighted by Crippen LogP contribution is -2.54. The fraction of sp³-hybridized carbons (Fsp3) is 0.409. The number of nitrogens with zero attached hydrogens (tertiary/aromatic N) is 1. The average Bonchev–Trinajstić information content (AvgIpc) is 2.83. The summed E-state index contributed by atoms with van der Waals surface area (Å²) in [5.74, 6) is 0.772. The number of halogens is 1. The predicted molar refractivity (Wildman–Crippen MR) is 108 cm³/mol. The third kappa shape index (κ3) is 3.19. The van der Waals surface area contributed by atoms with Gasteiger partial charge in [0.2, 0.25) is 0 Å². The van der Waals surface area contributed by atoms with E-state index in [0.717, 1.165) is 36.4 Å². The number of fused-ring (bicyclic) bond motifs is 2. The van der Waals surface area contributed by atoms with E-state index in [9.17, 15) is 0 Å². The lowest BCUT2D eigenvalue weighted by atomic mass is 9.95. The van der Waals surface area contributed by atoms with E-state index in [1.807, 2.05) is 12.1 Å². The van der Waals surface area contributed by atoms with Gasteiger partial charge < -0.3 is 10.1 Å². The van der Waals surface area contributed by atoms with Gasteiger partial charge in [-0.1, -0.05) is 41.9 Å². The summed E-state index contributed by atoms with van der Waals surface area (Å²) in [4.78, 5) is 2.66. The number of ether oxygens (including phenoxy) is 1. The molecule has 4 heteroatoms. The van der Waals surface area contributed by atoms with Gasteiger partial charge in [0.25, 0.3) is 0 Å². The van der Waals surface area contributed by atoms with E-state index in [2.05, 4.69) is 47.5 Å². The topological polar surface area (TPSA) is 24.5 Å². The third-order valence-corrected chi connectivity index (χ3v) is 6.26. The largest absolute Gasteiger partial charge is 0.496 e. The molecule has 2 aromatic rings. The molecule has 1 radical (unpaired) electrons. The van der Waals surface area contributed by atoms with Crippen LogP contribution in [-0.4, -0.2) is 23.7 Å². The van der Waals surface area contributed by atoms with Crippen LogP contribution in [0.5, 0.6) is 5.75 Å². The molecule has 2 heterocycles. The van der Waals surface area contributed by atoms with Crippen molar-refractivity contribution in [3.05, 3.63) is 65.5 Å². The molecule has 2 atom stereocenters. The van der Waals surface area contributed by atoms with E-state index >= 15 is 0 Å². The Morgan fingerprint density at radius 3 is 2.81 bits per heavy atom. The molecule has 3 nitrogen and oxygen atoms in total. The van der Waals surface area contributed by atoms with Crippen molar-refractivity contribution >= 4 is 17.3 Å². The van der Waals surface area contributed by atoms with E-state index in [4.69, 9.17) is 16.3 Å². The van der Waals surface area contributed by atoms with Crippen molar-refractivity contribution in [3.63, 3.8) is 0 Å². The number of methoxy groups -OCH3 is 1. The van der Waals surface area contributed by atoms with Gasteiger partial charge in [0, 0.05) is 18.7 Å². The monoisotopic (exact) mass is 369 g/mol. The Kier molecular flexibility index (Phi) is 4.85. The highest BCUT2D eigenvalue weighted by atomic mass is 35.5. The average molecular weight is 370 g/mol. The molecule has 2 aliphatic rings. The standard InChI is InChI=1S/C22H26ClN2O/c1-16-13-19(23)20(14-21(16)26-2)24-22-11-6-9-18(10-12-22)25(22)15-17-7-4-3-5-8-17/h3-5,7-8,13-14,18,24H,1,6,9-12,15H2,2H3. The quantitative estimate of drug-likeness (QED) is 0.754. The van der Waals surface area contributed by atoms with Crippen molar-refractivity contribution in [3.8, 4) is 5.75 Å². The van der Waals surface area contributed by atoms with Gasteiger partial charge in [-0.15, -0.1) is 0 Å². The van der Waals surface area contributed by atoms with Crippen LogP contribution in [0.2, 0.25) is 5.02 Å². The Morgan fingerprint density at radius 1 is 1.23 bits per heavy atom. The number of anilines is 1. The van der Waals surface area contributed by atoms with Crippen molar-refractivity contribution < 1.29 is 4.74 Å². The number of benzene rings is 2. The number of piperidine rings is 1. The molecule has 0 spiro atoms. The van der Waals surface area contributed by atoms with Crippen molar-refractivity contribution in [2.24, 2.45) is 0 Å². The summed E-state index contributed by atoms with van der Waals surface area (Å²) in [6.07, 6.45) is 6.06. The molecular formula is C22H26ClN2O. The summed E-state index contributed by atoms with van der Waals surface area (Å²) in [7, 11) is 1.67. The molecule has 26 heavy (non-hydrogen) atoms. The fourth-order valence-corrected chi connectivity index (χ4v) is 4.88. The first-order valence-corrected chi connectivity index (χ1v) is 9.77. The molecule has 0 amide bonds. The van der Waals surface area contributed by atoms with Gasteiger partial charge in [0.1, 0.15) is 5.75 Å². The normalized spacial score (nSPS) is 25.3. The predicted octanol–water partition coefficient (Wildman–Crippen LogP) is 5.49. The van der Waals surface area contributed by atoms with Crippen molar-refractivity contribution in [2.75, 3.05) is 12.4 Å².